The molecule has 1 N–H and O–H groups in total. The quantitative estimate of drug-likeness (QED) is 0.716. The van der Waals surface area contributed by atoms with Crippen LogP contribution in [0.3, 0.4) is 0 Å². The Morgan fingerprint density at radius 3 is 2.33 bits per heavy atom. The fourth-order valence-electron chi connectivity index (χ4n) is 5.39. The Bertz CT molecular complexity index is 271. The molecule has 0 aromatic carbocycles. The van der Waals surface area contributed by atoms with E-state index in [9.17, 15) is 5.11 Å². The molecule has 0 aromatic rings. The second-order valence-electron chi connectivity index (χ2n) is 7.28. The SMILES string of the molecule is CCCCC(CC)CC(O)C1C2C3CCC(C3)C12. The molecule has 0 heterocycles. The third kappa shape index (κ3) is 2.13. The Morgan fingerprint density at radius 1 is 1.11 bits per heavy atom. The van der Waals surface area contributed by atoms with Crippen LogP contribution < -0.4 is 0 Å². The van der Waals surface area contributed by atoms with Crippen molar-refractivity contribution in [3.05, 3.63) is 0 Å². The van der Waals surface area contributed by atoms with Crippen molar-refractivity contribution in [2.24, 2.45) is 35.5 Å². The van der Waals surface area contributed by atoms with Crippen molar-refractivity contribution in [2.75, 3.05) is 0 Å². The van der Waals surface area contributed by atoms with Gasteiger partial charge in [0.05, 0.1) is 6.10 Å². The van der Waals surface area contributed by atoms with Crippen LogP contribution in [0, 0.1) is 35.5 Å². The Morgan fingerprint density at radius 2 is 1.78 bits per heavy atom. The Hall–Kier alpha value is -0.0400. The fourth-order valence-corrected chi connectivity index (χ4v) is 5.39. The minimum Gasteiger partial charge on any atom is -0.393 e. The third-order valence-corrected chi connectivity index (χ3v) is 6.36. The molecule has 3 saturated carbocycles. The second-order valence-corrected chi connectivity index (χ2v) is 7.28. The Balaban J connectivity index is 1.49. The molecule has 3 aliphatic rings. The first-order chi connectivity index (χ1) is 8.76. The van der Waals surface area contributed by atoms with Crippen LogP contribution in [0.2, 0.25) is 0 Å². The van der Waals surface area contributed by atoms with Crippen molar-refractivity contribution >= 4 is 0 Å². The minimum absolute atomic E-state index is 0.0326. The summed E-state index contributed by atoms with van der Waals surface area (Å²) in [4.78, 5) is 0. The van der Waals surface area contributed by atoms with E-state index in [0.717, 1.165) is 36.0 Å². The zero-order valence-electron chi connectivity index (χ0n) is 12.1. The second kappa shape index (κ2) is 5.15. The molecular weight excluding hydrogens is 220 g/mol. The van der Waals surface area contributed by atoms with Gasteiger partial charge < -0.3 is 5.11 Å². The van der Waals surface area contributed by atoms with Gasteiger partial charge in [-0.3, -0.25) is 0 Å². The number of unbranched alkanes of at least 4 members (excludes halogenated alkanes) is 1. The van der Waals surface area contributed by atoms with E-state index in [2.05, 4.69) is 13.8 Å². The highest BCUT2D eigenvalue weighted by Gasteiger charge is 2.66. The van der Waals surface area contributed by atoms with Crippen LogP contribution in [0.5, 0.6) is 0 Å². The van der Waals surface area contributed by atoms with Gasteiger partial charge in [0.25, 0.3) is 0 Å². The van der Waals surface area contributed by atoms with Crippen LogP contribution in [0.25, 0.3) is 0 Å². The maximum absolute atomic E-state index is 10.6. The van der Waals surface area contributed by atoms with Gasteiger partial charge in [-0.05, 0) is 61.2 Å². The standard InChI is InChI=1S/C17H30O/c1-3-5-6-11(4-2)9-14(18)17-15-12-7-8-13(10-12)16(15)17/h11-18H,3-10H2,1-2H3. The first-order valence-corrected chi connectivity index (χ1v) is 8.44. The van der Waals surface area contributed by atoms with E-state index < -0.39 is 0 Å². The predicted octanol–water partition coefficient (Wildman–Crippen LogP) is 4.25. The van der Waals surface area contributed by atoms with Gasteiger partial charge in [-0.1, -0.05) is 39.5 Å². The van der Waals surface area contributed by atoms with Crippen molar-refractivity contribution in [1.82, 2.24) is 0 Å². The molecule has 6 unspecified atom stereocenters. The summed E-state index contributed by atoms with van der Waals surface area (Å²) < 4.78 is 0. The highest BCUT2D eigenvalue weighted by molar-refractivity contribution is 5.14. The highest BCUT2D eigenvalue weighted by atomic mass is 16.3. The zero-order chi connectivity index (χ0) is 12.7. The van der Waals surface area contributed by atoms with Gasteiger partial charge in [0.15, 0.2) is 0 Å². The van der Waals surface area contributed by atoms with Crippen LogP contribution in [-0.4, -0.2) is 11.2 Å². The summed E-state index contributed by atoms with van der Waals surface area (Å²) in [6.07, 6.45) is 10.8. The molecule has 0 amide bonds. The normalized spacial score (nSPS) is 43.8. The molecule has 1 nitrogen and oxygen atoms in total. The van der Waals surface area contributed by atoms with E-state index in [1.807, 2.05) is 0 Å². The molecule has 0 aromatic heterocycles. The van der Waals surface area contributed by atoms with E-state index in [1.54, 1.807) is 0 Å². The molecule has 0 radical (unpaired) electrons. The summed E-state index contributed by atoms with van der Waals surface area (Å²) in [5.74, 6) is 5.40. The van der Waals surface area contributed by atoms with Gasteiger partial charge in [-0.2, -0.15) is 0 Å². The lowest BCUT2D eigenvalue weighted by molar-refractivity contribution is 0.0975. The van der Waals surface area contributed by atoms with Gasteiger partial charge >= 0.3 is 0 Å². The van der Waals surface area contributed by atoms with E-state index in [-0.39, 0.29) is 6.10 Å². The average Bonchev–Trinajstić information content (AvgIpc) is 2.83. The van der Waals surface area contributed by atoms with Crippen LogP contribution in [0.1, 0.15) is 65.2 Å². The Labute approximate surface area is 112 Å². The lowest BCUT2D eigenvalue weighted by Crippen LogP contribution is -2.19. The summed E-state index contributed by atoms with van der Waals surface area (Å²) in [6, 6.07) is 0. The Kier molecular flexibility index (Phi) is 3.71. The van der Waals surface area contributed by atoms with Gasteiger partial charge in [0.1, 0.15) is 0 Å². The molecule has 1 heteroatoms. The largest absolute Gasteiger partial charge is 0.393 e. The molecule has 0 aliphatic heterocycles. The third-order valence-electron chi connectivity index (χ3n) is 6.36. The van der Waals surface area contributed by atoms with Gasteiger partial charge in [0, 0.05) is 0 Å². The molecule has 3 aliphatic carbocycles. The van der Waals surface area contributed by atoms with E-state index in [4.69, 9.17) is 0 Å². The molecule has 104 valence electrons. The predicted molar refractivity (Wildman–Crippen MR) is 75.2 cm³/mol. The highest BCUT2D eigenvalue weighted by Crippen LogP contribution is 2.70. The molecule has 0 spiro atoms. The molecule has 2 bridgehead atoms. The smallest absolute Gasteiger partial charge is 0.0576 e. The lowest BCUT2D eigenvalue weighted by atomic mass is 9.89. The van der Waals surface area contributed by atoms with Crippen LogP contribution in [-0.2, 0) is 0 Å². The van der Waals surface area contributed by atoms with Crippen molar-refractivity contribution < 1.29 is 5.11 Å². The topological polar surface area (TPSA) is 20.2 Å². The van der Waals surface area contributed by atoms with Gasteiger partial charge in [-0.15, -0.1) is 0 Å². The summed E-state index contributed by atoms with van der Waals surface area (Å²) in [7, 11) is 0. The summed E-state index contributed by atoms with van der Waals surface area (Å²) >= 11 is 0. The van der Waals surface area contributed by atoms with Crippen LogP contribution in [0.4, 0.5) is 0 Å². The molecule has 18 heavy (non-hydrogen) atoms. The monoisotopic (exact) mass is 250 g/mol. The van der Waals surface area contributed by atoms with Crippen LogP contribution in [0.15, 0.2) is 0 Å². The fraction of sp³-hybridized carbons (Fsp3) is 1.00. The minimum atomic E-state index is 0.0326. The lowest BCUT2D eigenvalue weighted by Gasteiger charge is -2.21. The van der Waals surface area contributed by atoms with Crippen molar-refractivity contribution in [3.8, 4) is 0 Å². The van der Waals surface area contributed by atoms with Crippen molar-refractivity contribution in [1.29, 1.82) is 0 Å². The molecule has 3 fully saturated rings. The number of aliphatic hydroxyl groups excluding tert-OH is 1. The number of fused-ring (bicyclic) bond motifs is 5. The first-order valence-electron chi connectivity index (χ1n) is 8.44. The van der Waals surface area contributed by atoms with Crippen molar-refractivity contribution in [3.63, 3.8) is 0 Å². The number of hydrogen-bond acceptors (Lipinski definition) is 1. The first kappa shape index (κ1) is 13.0. The molecular formula is C17H30O. The zero-order valence-corrected chi connectivity index (χ0v) is 12.1. The summed E-state index contributed by atoms with van der Waals surface area (Å²) in [5, 5.41) is 10.6. The summed E-state index contributed by atoms with van der Waals surface area (Å²) in [6.45, 7) is 4.57. The molecule has 6 atom stereocenters. The maximum Gasteiger partial charge on any atom is 0.0576 e. The van der Waals surface area contributed by atoms with Gasteiger partial charge in [0.2, 0.25) is 0 Å². The van der Waals surface area contributed by atoms with E-state index in [0.29, 0.717) is 5.92 Å². The van der Waals surface area contributed by atoms with E-state index >= 15 is 0 Å². The van der Waals surface area contributed by atoms with Gasteiger partial charge in [-0.25, -0.2) is 0 Å². The molecule has 0 saturated heterocycles. The average molecular weight is 250 g/mol. The van der Waals surface area contributed by atoms with Crippen LogP contribution >= 0.6 is 0 Å². The number of rotatable bonds is 7. The summed E-state index contributed by atoms with van der Waals surface area (Å²) in [5.41, 5.74) is 0. The number of aliphatic hydroxyl groups is 1. The maximum atomic E-state index is 10.6. The molecule has 3 rings (SSSR count). The van der Waals surface area contributed by atoms with E-state index in [1.165, 1.54) is 44.9 Å². The van der Waals surface area contributed by atoms with Crippen molar-refractivity contribution in [2.45, 2.75) is 71.3 Å². The number of hydrogen-bond donors (Lipinski definition) is 1.